The number of carbonyl (C=O) groups excluding carboxylic acids is 1. The molecule has 1 fully saturated rings. The van der Waals surface area contributed by atoms with Crippen molar-refractivity contribution < 1.29 is 4.79 Å². The number of aromatic amines is 1. The summed E-state index contributed by atoms with van der Waals surface area (Å²) in [5, 5.41) is 6.56. The molecule has 1 aromatic heterocycles. The smallest absolute Gasteiger partial charge is 0.260 e. The van der Waals surface area contributed by atoms with Crippen molar-refractivity contribution >= 4 is 11.7 Å². The summed E-state index contributed by atoms with van der Waals surface area (Å²) < 4.78 is 0. The molecule has 1 amide bonds. The van der Waals surface area contributed by atoms with Gasteiger partial charge in [0.25, 0.3) is 5.91 Å². The highest BCUT2D eigenvalue weighted by molar-refractivity contribution is 5.99. The molecule has 0 spiro atoms. The van der Waals surface area contributed by atoms with Crippen LogP contribution in [0.5, 0.6) is 0 Å². The summed E-state index contributed by atoms with van der Waals surface area (Å²) in [5.74, 6) is 0.225. The average Bonchev–Trinajstić information content (AvgIpc) is 3.02. The summed E-state index contributed by atoms with van der Waals surface area (Å²) in [5.41, 5.74) is 6.89. The summed E-state index contributed by atoms with van der Waals surface area (Å²) in [6.45, 7) is 6.03. The second kappa shape index (κ2) is 4.00. The molecule has 86 valence electrons. The molecule has 1 heterocycles. The summed E-state index contributed by atoms with van der Waals surface area (Å²) in [6, 6.07) is 0.346. The van der Waals surface area contributed by atoms with Crippen LogP contribution in [-0.4, -0.2) is 33.6 Å². The van der Waals surface area contributed by atoms with Gasteiger partial charge in [-0.15, -0.1) is 6.58 Å². The molecule has 1 aliphatic rings. The number of carbonyl (C=O) groups is 1. The zero-order valence-corrected chi connectivity index (χ0v) is 9.36. The maximum atomic E-state index is 12.3. The van der Waals surface area contributed by atoms with E-state index >= 15 is 0 Å². The second-order valence-electron chi connectivity index (χ2n) is 4.09. The third kappa shape index (κ3) is 1.80. The van der Waals surface area contributed by atoms with Crippen molar-refractivity contribution in [3.63, 3.8) is 0 Å². The van der Waals surface area contributed by atoms with E-state index in [1.54, 1.807) is 17.9 Å². The van der Waals surface area contributed by atoms with Gasteiger partial charge in [0.2, 0.25) is 0 Å². The Bertz CT molecular complexity index is 400. The lowest BCUT2D eigenvalue weighted by atomic mass is 10.2. The first-order valence-electron chi connectivity index (χ1n) is 5.37. The van der Waals surface area contributed by atoms with Crippen LogP contribution in [0.25, 0.3) is 0 Å². The Morgan fingerprint density at radius 3 is 2.88 bits per heavy atom. The number of aromatic nitrogens is 2. The SMILES string of the molecule is C=CCN(C(=O)c1c(N)n[nH]c1C)C1CC1. The van der Waals surface area contributed by atoms with Gasteiger partial charge in [0.15, 0.2) is 5.82 Å². The van der Waals surface area contributed by atoms with Crippen LogP contribution in [0, 0.1) is 6.92 Å². The van der Waals surface area contributed by atoms with Crippen LogP contribution in [0.15, 0.2) is 12.7 Å². The molecular formula is C11H16N4O. The lowest BCUT2D eigenvalue weighted by molar-refractivity contribution is 0.0763. The number of amides is 1. The van der Waals surface area contributed by atoms with Crippen LogP contribution < -0.4 is 5.73 Å². The molecule has 0 radical (unpaired) electrons. The zero-order valence-electron chi connectivity index (χ0n) is 9.36. The number of hydrogen-bond acceptors (Lipinski definition) is 3. The molecule has 1 saturated carbocycles. The minimum absolute atomic E-state index is 0.0499. The number of nitrogen functional groups attached to an aromatic ring is 1. The highest BCUT2D eigenvalue weighted by atomic mass is 16.2. The van der Waals surface area contributed by atoms with Gasteiger partial charge in [-0.25, -0.2) is 0 Å². The van der Waals surface area contributed by atoms with Gasteiger partial charge in [0.05, 0.1) is 0 Å². The van der Waals surface area contributed by atoms with Gasteiger partial charge >= 0.3 is 0 Å². The Morgan fingerprint density at radius 2 is 2.44 bits per heavy atom. The van der Waals surface area contributed by atoms with Crippen LogP contribution in [0.2, 0.25) is 0 Å². The minimum atomic E-state index is -0.0499. The van der Waals surface area contributed by atoms with Gasteiger partial charge in [-0.1, -0.05) is 6.08 Å². The number of rotatable bonds is 4. The predicted octanol–water partition coefficient (Wildman–Crippen LogP) is 1.09. The van der Waals surface area contributed by atoms with Crippen molar-refractivity contribution in [2.75, 3.05) is 12.3 Å². The number of nitrogens with one attached hydrogen (secondary N) is 1. The number of aryl methyl sites for hydroxylation is 1. The van der Waals surface area contributed by atoms with E-state index in [1.165, 1.54) is 0 Å². The lowest BCUT2D eigenvalue weighted by Gasteiger charge is -2.20. The average molecular weight is 220 g/mol. The standard InChI is InChI=1S/C11H16N4O/c1-3-6-15(8-4-5-8)11(16)9-7(2)13-14-10(9)12/h3,8H,1,4-6H2,2H3,(H3,12,13,14). The van der Waals surface area contributed by atoms with Gasteiger partial charge in [0.1, 0.15) is 5.56 Å². The van der Waals surface area contributed by atoms with Gasteiger partial charge in [-0.3, -0.25) is 9.89 Å². The van der Waals surface area contributed by atoms with Crippen LogP contribution in [0.3, 0.4) is 0 Å². The van der Waals surface area contributed by atoms with Crippen LogP contribution in [0.1, 0.15) is 28.9 Å². The number of nitrogens with two attached hydrogens (primary N) is 1. The quantitative estimate of drug-likeness (QED) is 0.746. The van der Waals surface area contributed by atoms with E-state index in [9.17, 15) is 4.79 Å². The highest BCUT2D eigenvalue weighted by Crippen LogP contribution is 2.29. The summed E-state index contributed by atoms with van der Waals surface area (Å²) in [7, 11) is 0. The van der Waals surface area contributed by atoms with E-state index in [1.807, 2.05) is 0 Å². The largest absolute Gasteiger partial charge is 0.382 e. The summed E-state index contributed by atoms with van der Waals surface area (Å²) >= 11 is 0. The Hall–Kier alpha value is -1.78. The fourth-order valence-electron chi connectivity index (χ4n) is 1.78. The van der Waals surface area contributed by atoms with Crippen LogP contribution in [0.4, 0.5) is 5.82 Å². The van der Waals surface area contributed by atoms with E-state index in [2.05, 4.69) is 16.8 Å². The first-order valence-corrected chi connectivity index (χ1v) is 5.37. The van der Waals surface area contributed by atoms with Crippen molar-refractivity contribution in [2.45, 2.75) is 25.8 Å². The van der Waals surface area contributed by atoms with Crippen molar-refractivity contribution in [1.82, 2.24) is 15.1 Å². The Kier molecular flexibility index (Phi) is 2.68. The number of hydrogen-bond donors (Lipinski definition) is 2. The van der Waals surface area contributed by atoms with Crippen molar-refractivity contribution in [3.05, 3.63) is 23.9 Å². The first-order chi connectivity index (χ1) is 7.65. The fraction of sp³-hybridized carbons (Fsp3) is 0.455. The molecule has 5 heteroatoms. The molecule has 1 aliphatic carbocycles. The minimum Gasteiger partial charge on any atom is -0.382 e. The van der Waals surface area contributed by atoms with Crippen LogP contribution >= 0.6 is 0 Å². The van der Waals surface area contributed by atoms with E-state index in [0.717, 1.165) is 18.5 Å². The monoisotopic (exact) mass is 220 g/mol. The third-order valence-corrected chi connectivity index (χ3v) is 2.76. The second-order valence-corrected chi connectivity index (χ2v) is 4.09. The summed E-state index contributed by atoms with van der Waals surface area (Å²) in [4.78, 5) is 14.1. The molecule has 3 N–H and O–H groups in total. The summed E-state index contributed by atoms with van der Waals surface area (Å²) in [6.07, 6.45) is 3.87. The molecule has 0 atom stereocenters. The zero-order chi connectivity index (χ0) is 11.7. The van der Waals surface area contributed by atoms with E-state index in [4.69, 9.17) is 5.73 Å². The van der Waals surface area contributed by atoms with Crippen molar-refractivity contribution in [3.8, 4) is 0 Å². The van der Waals surface area contributed by atoms with E-state index < -0.39 is 0 Å². The number of anilines is 1. The Labute approximate surface area is 94.3 Å². The van der Waals surface area contributed by atoms with E-state index in [-0.39, 0.29) is 11.7 Å². The molecule has 1 aromatic rings. The molecule has 16 heavy (non-hydrogen) atoms. The molecule has 0 unspecified atom stereocenters. The van der Waals surface area contributed by atoms with Crippen LogP contribution in [-0.2, 0) is 0 Å². The molecule has 0 saturated heterocycles. The van der Waals surface area contributed by atoms with Crippen molar-refractivity contribution in [2.24, 2.45) is 0 Å². The maximum Gasteiger partial charge on any atom is 0.260 e. The van der Waals surface area contributed by atoms with E-state index in [0.29, 0.717) is 18.2 Å². The van der Waals surface area contributed by atoms with Gasteiger partial charge < -0.3 is 10.6 Å². The first kappa shape index (κ1) is 10.7. The van der Waals surface area contributed by atoms with Gasteiger partial charge in [-0.2, -0.15) is 5.10 Å². The Morgan fingerprint density at radius 1 is 1.75 bits per heavy atom. The predicted molar refractivity (Wildman–Crippen MR) is 62.0 cm³/mol. The lowest BCUT2D eigenvalue weighted by Crippen LogP contribution is -2.33. The topological polar surface area (TPSA) is 75.0 Å². The maximum absolute atomic E-state index is 12.3. The van der Waals surface area contributed by atoms with Gasteiger partial charge in [-0.05, 0) is 19.8 Å². The van der Waals surface area contributed by atoms with Gasteiger partial charge in [0, 0.05) is 18.3 Å². The molecule has 2 rings (SSSR count). The Balaban J connectivity index is 2.25. The molecule has 0 aliphatic heterocycles. The number of nitrogens with zero attached hydrogens (tertiary/aromatic N) is 2. The normalized spacial score (nSPS) is 14.8. The highest BCUT2D eigenvalue weighted by Gasteiger charge is 2.34. The molecule has 0 bridgehead atoms. The third-order valence-electron chi connectivity index (χ3n) is 2.76. The molecule has 5 nitrogen and oxygen atoms in total. The fourth-order valence-corrected chi connectivity index (χ4v) is 1.78. The molecule has 0 aromatic carbocycles. The molecular weight excluding hydrogens is 204 g/mol. The van der Waals surface area contributed by atoms with Crippen molar-refractivity contribution in [1.29, 1.82) is 0 Å². The number of H-pyrrole nitrogens is 1.